The van der Waals surface area contributed by atoms with Crippen LogP contribution in [-0.2, 0) is 6.61 Å². The molecule has 0 atom stereocenters. The maximum absolute atomic E-state index is 12.4. The van der Waals surface area contributed by atoms with Gasteiger partial charge in [0.1, 0.15) is 29.6 Å². The van der Waals surface area contributed by atoms with E-state index in [9.17, 15) is 14.9 Å². The lowest BCUT2D eigenvalue weighted by molar-refractivity contribution is -0.384. The summed E-state index contributed by atoms with van der Waals surface area (Å²) in [6, 6.07) is 15.1. The third-order valence-corrected chi connectivity index (χ3v) is 4.46. The van der Waals surface area contributed by atoms with Crippen molar-refractivity contribution in [2.24, 2.45) is 0 Å². The zero-order valence-electron chi connectivity index (χ0n) is 16.9. The van der Waals surface area contributed by atoms with Gasteiger partial charge in [-0.25, -0.2) is 0 Å². The van der Waals surface area contributed by atoms with Crippen molar-refractivity contribution in [2.45, 2.75) is 26.4 Å². The molecule has 0 aliphatic carbocycles. The monoisotopic (exact) mass is 410 g/mol. The molecular formula is C22H22N2O6. The Kier molecular flexibility index (Phi) is 6.36. The summed E-state index contributed by atoms with van der Waals surface area (Å²) in [6.45, 7) is 4.38. The summed E-state index contributed by atoms with van der Waals surface area (Å²) in [5, 5.41) is 13.7. The number of nitrogens with zero attached hydrogens (tertiary/aromatic N) is 1. The van der Waals surface area contributed by atoms with E-state index in [0.717, 1.165) is 0 Å². The van der Waals surface area contributed by atoms with Crippen molar-refractivity contribution in [3.8, 4) is 11.5 Å². The van der Waals surface area contributed by atoms with Crippen LogP contribution in [0.25, 0.3) is 0 Å². The molecule has 1 heterocycles. The number of carbonyl (C=O) groups is 1. The minimum Gasteiger partial charge on any atom is -0.496 e. The molecule has 0 radical (unpaired) electrons. The fourth-order valence-corrected chi connectivity index (χ4v) is 2.76. The average Bonchev–Trinajstić information content (AvgIpc) is 3.22. The molecule has 1 aromatic heterocycles. The lowest BCUT2D eigenvalue weighted by Crippen LogP contribution is -2.12. The number of methoxy groups -OCH3 is 1. The Labute approximate surface area is 173 Å². The number of amides is 1. The van der Waals surface area contributed by atoms with Crippen LogP contribution in [0.4, 0.5) is 11.4 Å². The Hall–Kier alpha value is -3.81. The van der Waals surface area contributed by atoms with Gasteiger partial charge in [0, 0.05) is 0 Å². The highest BCUT2D eigenvalue weighted by Crippen LogP contribution is 2.29. The molecule has 2 aromatic carbocycles. The predicted molar refractivity (Wildman–Crippen MR) is 111 cm³/mol. The number of carbonyl (C=O) groups excluding carboxylic acids is 1. The number of furan rings is 1. The van der Waals surface area contributed by atoms with Gasteiger partial charge in [-0.05, 0) is 47.9 Å². The molecular weight excluding hydrogens is 388 g/mol. The molecule has 30 heavy (non-hydrogen) atoms. The van der Waals surface area contributed by atoms with Crippen LogP contribution in [0.3, 0.4) is 0 Å². The van der Waals surface area contributed by atoms with Crippen molar-refractivity contribution < 1.29 is 23.6 Å². The Bertz CT molecular complexity index is 1040. The van der Waals surface area contributed by atoms with Gasteiger partial charge in [0.15, 0.2) is 5.76 Å². The van der Waals surface area contributed by atoms with Crippen molar-refractivity contribution >= 4 is 17.3 Å². The number of hydrogen-bond donors (Lipinski definition) is 1. The van der Waals surface area contributed by atoms with Gasteiger partial charge < -0.3 is 19.2 Å². The van der Waals surface area contributed by atoms with E-state index in [-0.39, 0.29) is 23.7 Å². The minimum atomic E-state index is -0.601. The van der Waals surface area contributed by atoms with Crippen LogP contribution >= 0.6 is 0 Å². The fraction of sp³-hybridized carbons (Fsp3) is 0.227. The molecule has 1 N–H and O–H groups in total. The zero-order valence-corrected chi connectivity index (χ0v) is 16.9. The first-order chi connectivity index (χ1) is 14.4. The van der Waals surface area contributed by atoms with Crippen LogP contribution in [-0.4, -0.2) is 17.9 Å². The third-order valence-electron chi connectivity index (χ3n) is 4.46. The first-order valence-electron chi connectivity index (χ1n) is 9.32. The quantitative estimate of drug-likeness (QED) is 0.407. The maximum Gasteiger partial charge on any atom is 0.296 e. The number of benzene rings is 2. The number of hydrogen-bond acceptors (Lipinski definition) is 6. The average molecular weight is 410 g/mol. The predicted octanol–water partition coefficient (Wildman–Crippen LogP) is 5.15. The summed E-state index contributed by atoms with van der Waals surface area (Å²) in [6.07, 6.45) is 0. The molecule has 0 fully saturated rings. The van der Waals surface area contributed by atoms with Gasteiger partial charge in [-0.2, -0.15) is 0 Å². The van der Waals surface area contributed by atoms with Gasteiger partial charge in [-0.3, -0.25) is 14.9 Å². The molecule has 3 rings (SSSR count). The molecule has 0 aliphatic rings. The molecule has 3 aromatic rings. The van der Waals surface area contributed by atoms with Crippen LogP contribution in [0, 0.1) is 10.1 Å². The molecule has 0 spiro atoms. The van der Waals surface area contributed by atoms with E-state index in [4.69, 9.17) is 13.9 Å². The van der Waals surface area contributed by atoms with Crippen molar-refractivity contribution in [3.05, 3.63) is 81.8 Å². The highest BCUT2D eigenvalue weighted by molar-refractivity contribution is 6.03. The highest BCUT2D eigenvalue weighted by Gasteiger charge is 2.19. The van der Waals surface area contributed by atoms with Crippen LogP contribution < -0.4 is 14.8 Å². The topological polar surface area (TPSA) is 104 Å². The largest absolute Gasteiger partial charge is 0.496 e. The van der Waals surface area contributed by atoms with E-state index in [2.05, 4.69) is 19.2 Å². The van der Waals surface area contributed by atoms with Gasteiger partial charge in [-0.15, -0.1) is 0 Å². The highest BCUT2D eigenvalue weighted by atomic mass is 16.6. The maximum atomic E-state index is 12.4. The second kappa shape index (κ2) is 9.13. The van der Waals surface area contributed by atoms with Crippen LogP contribution in [0.15, 0.2) is 59.0 Å². The first kappa shape index (κ1) is 20.9. The van der Waals surface area contributed by atoms with Gasteiger partial charge in [-0.1, -0.05) is 26.0 Å². The SMILES string of the molecule is COc1ccc(NC(=O)c2ccc(COc3ccc(C(C)C)cc3)o2)c([N+](=O)[O-])c1. The van der Waals surface area contributed by atoms with Crippen molar-refractivity contribution in [2.75, 3.05) is 12.4 Å². The van der Waals surface area contributed by atoms with Crippen molar-refractivity contribution in [1.82, 2.24) is 0 Å². The molecule has 0 unspecified atom stereocenters. The van der Waals surface area contributed by atoms with E-state index in [0.29, 0.717) is 23.2 Å². The van der Waals surface area contributed by atoms with Crippen LogP contribution in [0.2, 0.25) is 0 Å². The Morgan fingerprint density at radius 2 is 1.80 bits per heavy atom. The van der Waals surface area contributed by atoms with Crippen LogP contribution in [0.5, 0.6) is 11.5 Å². The van der Waals surface area contributed by atoms with E-state index in [1.165, 1.54) is 36.9 Å². The Morgan fingerprint density at radius 1 is 1.10 bits per heavy atom. The van der Waals surface area contributed by atoms with Crippen molar-refractivity contribution in [3.63, 3.8) is 0 Å². The number of ether oxygens (including phenoxy) is 2. The lowest BCUT2D eigenvalue weighted by atomic mass is 10.0. The molecule has 8 nitrogen and oxygen atoms in total. The Balaban J connectivity index is 1.64. The second-order valence-corrected chi connectivity index (χ2v) is 6.87. The van der Waals surface area contributed by atoms with E-state index in [1.54, 1.807) is 6.07 Å². The molecule has 0 bridgehead atoms. The summed E-state index contributed by atoms with van der Waals surface area (Å²) in [5.74, 6) is 1.32. The summed E-state index contributed by atoms with van der Waals surface area (Å²) in [7, 11) is 1.41. The molecule has 156 valence electrons. The van der Waals surface area contributed by atoms with Gasteiger partial charge in [0.25, 0.3) is 11.6 Å². The molecule has 0 saturated heterocycles. The minimum absolute atomic E-state index is 0.0221. The van der Waals surface area contributed by atoms with E-state index < -0.39 is 10.8 Å². The zero-order chi connectivity index (χ0) is 21.7. The van der Waals surface area contributed by atoms with Gasteiger partial charge in [0.05, 0.1) is 18.1 Å². The number of nitrogens with one attached hydrogen (secondary N) is 1. The van der Waals surface area contributed by atoms with E-state index >= 15 is 0 Å². The van der Waals surface area contributed by atoms with Crippen LogP contribution in [0.1, 0.15) is 41.6 Å². The molecule has 1 amide bonds. The van der Waals surface area contributed by atoms with Gasteiger partial charge in [0.2, 0.25) is 0 Å². The summed E-state index contributed by atoms with van der Waals surface area (Å²) in [4.78, 5) is 23.1. The first-order valence-corrected chi connectivity index (χ1v) is 9.32. The number of nitro groups is 1. The molecule has 8 heteroatoms. The van der Waals surface area contributed by atoms with Gasteiger partial charge >= 0.3 is 0 Å². The third kappa shape index (κ3) is 4.96. The number of nitro benzene ring substituents is 1. The van der Waals surface area contributed by atoms with E-state index in [1.807, 2.05) is 24.3 Å². The number of anilines is 1. The normalized spacial score (nSPS) is 10.7. The Morgan fingerprint density at radius 3 is 2.43 bits per heavy atom. The standard InChI is InChI=1S/C22H22N2O6/c1-14(2)15-4-6-16(7-5-15)29-13-18-9-11-21(30-18)22(25)23-19-10-8-17(28-3)12-20(19)24(26)27/h4-12,14H,13H2,1-3H3,(H,23,25). The summed E-state index contributed by atoms with van der Waals surface area (Å²) < 4.78 is 16.2. The smallest absolute Gasteiger partial charge is 0.296 e. The second-order valence-electron chi connectivity index (χ2n) is 6.87. The lowest BCUT2D eigenvalue weighted by Gasteiger charge is -2.08. The van der Waals surface area contributed by atoms with Crippen molar-refractivity contribution in [1.29, 1.82) is 0 Å². The number of rotatable bonds is 8. The summed E-state index contributed by atoms with van der Waals surface area (Å²) >= 11 is 0. The fourth-order valence-electron chi connectivity index (χ4n) is 2.76. The summed E-state index contributed by atoms with van der Waals surface area (Å²) in [5.41, 5.74) is 0.986. The molecule has 0 aliphatic heterocycles. The molecule has 0 saturated carbocycles.